The maximum absolute atomic E-state index is 6.06. The van der Waals surface area contributed by atoms with Crippen LogP contribution in [0.15, 0.2) is 16.6 Å². The Labute approximate surface area is 93.6 Å². The molecule has 0 aliphatic carbocycles. The first-order valence-electron chi connectivity index (χ1n) is 4.49. The normalized spacial score (nSPS) is 11.6. The fourth-order valence-electron chi connectivity index (χ4n) is 1.35. The van der Waals surface area contributed by atoms with E-state index >= 15 is 0 Å². The third-order valence-corrected chi connectivity index (χ3v) is 2.92. The number of aryl methyl sites for hydroxylation is 1. The predicted molar refractivity (Wildman–Crippen MR) is 62.6 cm³/mol. The lowest BCUT2D eigenvalue weighted by Crippen LogP contribution is -2.29. The van der Waals surface area contributed by atoms with Crippen molar-refractivity contribution in [3.63, 3.8) is 0 Å². The van der Waals surface area contributed by atoms with Gasteiger partial charge >= 0.3 is 0 Å². The van der Waals surface area contributed by atoms with Gasteiger partial charge in [-0.1, -0.05) is 6.07 Å². The summed E-state index contributed by atoms with van der Waals surface area (Å²) in [6.45, 7) is 5.99. The smallest absolute Gasteiger partial charge is 0.133 e. The van der Waals surface area contributed by atoms with Crippen molar-refractivity contribution in [3.05, 3.63) is 27.7 Å². The van der Waals surface area contributed by atoms with Gasteiger partial charge in [0.05, 0.1) is 11.6 Å². The Morgan fingerprint density at radius 2 is 1.93 bits per heavy atom. The van der Waals surface area contributed by atoms with E-state index in [1.165, 1.54) is 0 Å². The van der Waals surface area contributed by atoms with Crippen LogP contribution in [-0.4, -0.2) is 7.11 Å². The van der Waals surface area contributed by atoms with Gasteiger partial charge in [-0.05, 0) is 53.9 Å². The van der Waals surface area contributed by atoms with Crippen LogP contribution in [-0.2, 0) is 5.54 Å². The highest BCUT2D eigenvalue weighted by atomic mass is 79.9. The summed E-state index contributed by atoms with van der Waals surface area (Å²) in [5.74, 6) is 0.832. The first-order valence-corrected chi connectivity index (χ1v) is 5.29. The molecule has 0 bridgehead atoms. The molecule has 0 atom stereocenters. The Hall–Kier alpha value is -0.540. The molecule has 0 unspecified atom stereocenters. The van der Waals surface area contributed by atoms with Crippen molar-refractivity contribution >= 4 is 15.9 Å². The maximum atomic E-state index is 6.06. The summed E-state index contributed by atoms with van der Waals surface area (Å²) in [6.07, 6.45) is 0. The van der Waals surface area contributed by atoms with Crippen LogP contribution in [0.5, 0.6) is 5.75 Å². The lowest BCUT2D eigenvalue weighted by atomic mass is 9.94. The third-order valence-electron chi connectivity index (χ3n) is 2.10. The highest BCUT2D eigenvalue weighted by Crippen LogP contribution is 2.34. The minimum atomic E-state index is -0.363. The summed E-state index contributed by atoms with van der Waals surface area (Å²) in [5, 5.41) is 0. The molecule has 3 heteroatoms. The zero-order valence-corrected chi connectivity index (χ0v) is 10.6. The highest BCUT2D eigenvalue weighted by Gasteiger charge is 2.20. The molecule has 14 heavy (non-hydrogen) atoms. The Morgan fingerprint density at radius 3 is 2.36 bits per heavy atom. The van der Waals surface area contributed by atoms with E-state index in [9.17, 15) is 0 Å². The van der Waals surface area contributed by atoms with E-state index in [4.69, 9.17) is 10.5 Å². The molecule has 0 amide bonds. The highest BCUT2D eigenvalue weighted by molar-refractivity contribution is 9.10. The fourth-order valence-corrected chi connectivity index (χ4v) is 2.25. The molecule has 1 aromatic carbocycles. The van der Waals surface area contributed by atoms with Crippen molar-refractivity contribution in [2.75, 3.05) is 7.11 Å². The van der Waals surface area contributed by atoms with Crippen LogP contribution < -0.4 is 10.5 Å². The third kappa shape index (κ3) is 2.28. The molecule has 0 saturated heterocycles. The summed E-state index contributed by atoms with van der Waals surface area (Å²) in [6, 6.07) is 4.06. The molecule has 0 radical (unpaired) electrons. The molecular formula is C11H16BrNO. The molecule has 0 aliphatic rings. The van der Waals surface area contributed by atoms with E-state index in [1.807, 2.05) is 26.8 Å². The number of hydrogen-bond acceptors (Lipinski definition) is 2. The molecular weight excluding hydrogens is 242 g/mol. The Balaban J connectivity index is 3.37. The molecule has 0 heterocycles. The summed E-state index contributed by atoms with van der Waals surface area (Å²) in [7, 11) is 1.66. The van der Waals surface area contributed by atoms with E-state index in [0.29, 0.717) is 0 Å². The van der Waals surface area contributed by atoms with Crippen molar-refractivity contribution in [3.8, 4) is 5.75 Å². The molecule has 2 N–H and O–H groups in total. The van der Waals surface area contributed by atoms with Crippen LogP contribution in [0.2, 0.25) is 0 Å². The second-order valence-corrected chi connectivity index (χ2v) is 4.84. The predicted octanol–water partition coefficient (Wildman–Crippen LogP) is 2.96. The van der Waals surface area contributed by atoms with Gasteiger partial charge in [-0.25, -0.2) is 0 Å². The number of benzene rings is 1. The van der Waals surface area contributed by atoms with Gasteiger partial charge in [-0.15, -0.1) is 0 Å². The molecule has 0 fully saturated rings. The van der Waals surface area contributed by atoms with Crippen molar-refractivity contribution in [1.29, 1.82) is 0 Å². The molecule has 0 saturated carbocycles. The summed E-state index contributed by atoms with van der Waals surface area (Å²) in [5.41, 5.74) is 7.92. The Morgan fingerprint density at radius 1 is 1.36 bits per heavy atom. The molecule has 0 aromatic heterocycles. The Bertz CT molecular complexity index is 342. The summed E-state index contributed by atoms with van der Waals surface area (Å²) < 4.78 is 6.20. The van der Waals surface area contributed by atoms with Crippen molar-refractivity contribution in [2.45, 2.75) is 26.3 Å². The van der Waals surface area contributed by atoms with Crippen molar-refractivity contribution in [2.24, 2.45) is 5.73 Å². The van der Waals surface area contributed by atoms with Crippen LogP contribution >= 0.6 is 15.9 Å². The lowest BCUT2D eigenvalue weighted by molar-refractivity contribution is 0.408. The van der Waals surface area contributed by atoms with Crippen LogP contribution in [0.25, 0.3) is 0 Å². The summed E-state index contributed by atoms with van der Waals surface area (Å²) >= 11 is 3.51. The Kier molecular flexibility index (Phi) is 3.22. The molecule has 1 rings (SSSR count). The van der Waals surface area contributed by atoms with Crippen LogP contribution in [0.1, 0.15) is 25.0 Å². The zero-order valence-electron chi connectivity index (χ0n) is 9.02. The maximum Gasteiger partial charge on any atom is 0.133 e. The number of halogens is 1. The zero-order chi connectivity index (χ0) is 10.9. The van der Waals surface area contributed by atoms with Gasteiger partial charge in [0.2, 0.25) is 0 Å². The van der Waals surface area contributed by atoms with Gasteiger partial charge in [-0.3, -0.25) is 0 Å². The molecule has 78 valence electrons. The topological polar surface area (TPSA) is 35.2 Å². The van der Waals surface area contributed by atoms with Crippen LogP contribution in [0, 0.1) is 6.92 Å². The van der Waals surface area contributed by atoms with E-state index in [-0.39, 0.29) is 5.54 Å². The first-order chi connectivity index (χ1) is 6.36. The summed E-state index contributed by atoms with van der Waals surface area (Å²) in [4.78, 5) is 0. The van der Waals surface area contributed by atoms with Gasteiger partial charge in [0.15, 0.2) is 0 Å². The van der Waals surface area contributed by atoms with E-state index in [0.717, 1.165) is 21.3 Å². The number of hydrogen-bond donors (Lipinski definition) is 1. The number of methoxy groups -OCH3 is 1. The second-order valence-electron chi connectivity index (χ2n) is 4.05. The number of rotatable bonds is 2. The molecule has 0 spiro atoms. The molecule has 2 nitrogen and oxygen atoms in total. The second kappa shape index (κ2) is 3.91. The van der Waals surface area contributed by atoms with E-state index in [1.54, 1.807) is 7.11 Å². The van der Waals surface area contributed by atoms with Crippen LogP contribution in [0.4, 0.5) is 0 Å². The minimum absolute atomic E-state index is 0.363. The van der Waals surface area contributed by atoms with Gasteiger partial charge in [-0.2, -0.15) is 0 Å². The standard InChI is InChI=1S/C11H16BrNO/c1-7-5-8(11(2,3)13)10(12)9(6-7)14-4/h5-6H,13H2,1-4H3. The first kappa shape index (κ1) is 11.5. The van der Waals surface area contributed by atoms with Gasteiger partial charge in [0.1, 0.15) is 5.75 Å². The minimum Gasteiger partial charge on any atom is -0.496 e. The monoisotopic (exact) mass is 257 g/mol. The van der Waals surface area contributed by atoms with Crippen molar-refractivity contribution < 1.29 is 4.74 Å². The van der Waals surface area contributed by atoms with Gasteiger partial charge < -0.3 is 10.5 Å². The fraction of sp³-hybridized carbons (Fsp3) is 0.455. The molecule has 0 aliphatic heterocycles. The average Bonchev–Trinajstić information content (AvgIpc) is 2.06. The molecule has 1 aromatic rings. The number of ether oxygens (including phenoxy) is 1. The van der Waals surface area contributed by atoms with Crippen LogP contribution in [0.3, 0.4) is 0 Å². The van der Waals surface area contributed by atoms with Crippen molar-refractivity contribution in [1.82, 2.24) is 0 Å². The van der Waals surface area contributed by atoms with E-state index in [2.05, 4.69) is 22.0 Å². The largest absolute Gasteiger partial charge is 0.496 e. The number of nitrogens with two attached hydrogens (primary N) is 1. The average molecular weight is 258 g/mol. The lowest BCUT2D eigenvalue weighted by Gasteiger charge is -2.22. The van der Waals surface area contributed by atoms with E-state index < -0.39 is 0 Å². The van der Waals surface area contributed by atoms with Gasteiger partial charge in [0, 0.05) is 5.54 Å². The SMILES string of the molecule is COc1cc(C)cc(C(C)(C)N)c1Br. The quantitative estimate of drug-likeness (QED) is 0.885. The van der Waals surface area contributed by atoms with Gasteiger partial charge in [0.25, 0.3) is 0 Å².